The number of rotatable bonds is 9. The summed E-state index contributed by atoms with van der Waals surface area (Å²) in [4.78, 5) is 37.0. The zero-order chi connectivity index (χ0) is 26.4. The predicted molar refractivity (Wildman–Crippen MR) is 134 cm³/mol. The highest BCUT2D eigenvalue weighted by Gasteiger charge is 2.11. The van der Waals surface area contributed by atoms with Gasteiger partial charge in [0.05, 0.1) is 32.2 Å². The molecule has 4 rings (SSSR count). The number of methoxy groups -OCH3 is 2. The number of carbonyl (C=O) groups excluding carboxylic acids is 1. The normalized spacial score (nSPS) is 10.7. The molecule has 0 spiro atoms. The van der Waals surface area contributed by atoms with Crippen LogP contribution in [0.3, 0.4) is 0 Å². The van der Waals surface area contributed by atoms with Gasteiger partial charge in [0.2, 0.25) is 5.91 Å². The van der Waals surface area contributed by atoms with Crippen molar-refractivity contribution in [1.29, 1.82) is 0 Å². The Labute approximate surface area is 210 Å². The van der Waals surface area contributed by atoms with Crippen LogP contribution in [0.25, 0.3) is 22.5 Å². The third-order valence-electron chi connectivity index (χ3n) is 5.49. The highest BCUT2D eigenvalue weighted by molar-refractivity contribution is 5.75. The molecule has 0 radical (unpaired) electrons. The van der Waals surface area contributed by atoms with Gasteiger partial charge in [-0.05, 0) is 54.6 Å². The van der Waals surface area contributed by atoms with E-state index >= 15 is 0 Å². The molecule has 1 N–H and O–H groups in total. The first-order valence-corrected chi connectivity index (χ1v) is 11.3. The Kier molecular flexibility index (Phi) is 7.72. The second-order valence-corrected chi connectivity index (χ2v) is 7.92. The summed E-state index contributed by atoms with van der Waals surface area (Å²) in [6, 6.07) is 16.8. The molecule has 190 valence electrons. The molecule has 0 bridgehead atoms. The summed E-state index contributed by atoms with van der Waals surface area (Å²) in [5, 5.41) is 11.2. The maximum absolute atomic E-state index is 13.2. The van der Waals surface area contributed by atoms with Crippen molar-refractivity contribution in [2.24, 2.45) is 0 Å². The lowest BCUT2D eigenvalue weighted by molar-refractivity contribution is -0.121. The highest BCUT2D eigenvalue weighted by Crippen LogP contribution is 2.31. The minimum atomic E-state index is -0.457. The number of hydrogen-bond acceptors (Lipinski definition) is 7. The van der Waals surface area contributed by atoms with Gasteiger partial charge >= 0.3 is 0 Å². The zero-order valence-electron chi connectivity index (χ0n) is 20.2. The molecule has 11 heteroatoms. The second-order valence-electron chi connectivity index (χ2n) is 7.92. The summed E-state index contributed by atoms with van der Waals surface area (Å²) in [6.07, 6.45) is 0. The van der Waals surface area contributed by atoms with E-state index in [2.05, 4.69) is 15.5 Å². The molecule has 0 aliphatic heterocycles. The third kappa shape index (κ3) is 6.07. The van der Waals surface area contributed by atoms with Gasteiger partial charge in [-0.1, -0.05) is 0 Å². The van der Waals surface area contributed by atoms with Gasteiger partial charge in [-0.2, -0.15) is 10.2 Å². The van der Waals surface area contributed by atoms with E-state index in [1.54, 1.807) is 42.5 Å². The molecule has 0 unspecified atom stereocenters. The van der Waals surface area contributed by atoms with Gasteiger partial charge in [-0.3, -0.25) is 14.4 Å². The van der Waals surface area contributed by atoms with Gasteiger partial charge < -0.3 is 14.8 Å². The van der Waals surface area contributed by atoms with Crippen LogP contribution in [0.15, 0.2) is 76.3 Å². The van der Waals surface area contributed by atoms with Gasteiger partial charge in [0.15, 0.2) is 11.5 Å². The molecule has 4 aromatic rings. The average molecular weight is 506 g/mol. The van der Waals surface area contributed by atoms with E-state index in [1.807, 2.05) is 0 Å². The first kappa shape index (κ1) is 25.3. The van der Waals surface area contributed by atoms with Crippen molar-refractivity contribution in [2.45, 2.75) is 13.1 Å². The molecule has 0 atom stereocenters. The number of carbonyl (C=O) groups is 1. The van der Waals surface area contributed by atoms with E-state index in [4.69, 9.17) is 9.47 Å². The third-order valence-corrected chi connectivity index (χ3v) is 5.49. The molecular weight excluding hydrogens is 481 g/mol. The van der Waals surface area contributed by atoms with Crippen molar-refractivity contribution in [3.05, 3.63) is 93.3 Å². The molecule has 1 amide bonds. The number of hydrogen-bond donors (Lipinski definition) is 1. The van der Waals surface area contributed by atoms with Crippen molar-refractivity contribution < 1.29 is 18.7 Å². The Bertz CT molecular complexity index is 1530. The SMILES string of the molecule is COc1ccc(-c2ccc(=O)n(CC(=O)NCCn3nc(-c4ccc(F)cc4)ccc3=O)n2)cc1OC. The van der Waals surface area contributed by atoms with Gasteiger partial charge in [0.25, 0.3) is 11.1 Å². The summed E-state index contributed by atoms with van der Waals surface area (Å²) in [5.41, 5.74) is 1.51. The minimum absolute atomic E-state index is 0.0999. The number of ether oxygens (including phenoxy) is 2. The first-order valence-electron chi connectivity index (χ1n) is 11.3. The van der Waals surface area contributed by atoms with Crippen LogP contribution in [-0.2, 0) is 17.9 Å². The highest BCUT2D eigenvalue weighted by atomic mass is 19.1. The van der Waals surface area contributed by atoms with Crippen LogP contribution in [0, 0.1) is 5.82 Å². The van der Waals surface area contributed by atoms with E-state index in [1.165, 1.54) is 43.2 Å². The van der Waals surface area contributed by atoms with E-state index in [0.717, 1.165) is 4.68 Å². The van der Waals surface area contributed by atoms with Crippen LogP contribution in [0.1, 0.15) is 0 Å². The quantitative estimate of drug-likeness (QED) is 0.370. The molecule has 0 fully saturated rings. The topological polar surface area (TPSA) is 117 Å². The lowest BCUT2D eigenvalue weighted by Gasteiger charge is -2.11. The van der Waals surface area contributed by atoms with Gasteiger partial charge in [-0.15, -0.1) is 0 Å². The maximum atomic E-state index is 13.2. The van der Waals surface area contributed by atoms with Crippen LogP contribution in [0.4, 0.5) is 4.39 Å². The van der Waals surface area contributed by atoms with Gasteiger partial charge in [0.1, 0.15) is 12.4 Å². The Morgan fingerprint density at radius 2 is 1.41 bits per heavy atom. The fourth-order valence-electron chi connectivity index (χ4n) is 3.59. The number of halogens is 1. The monoisotopic (exact) mass is 505 g/mol. The summed E-state index contributed by atoms with van der Waals surface area (Å²) in [7, 11) is 3.05. The molecule has 37 heavy (non-hydrogen) atoms. The van der Waals surface area contributed by atoms with E-state index < -0.39 is 11.5 Å². The van der Waals surface area contributed by atoms with E-state index in [9.17, 15) is 18.8 Å². The molecule has 2 aromatic heterocycles. The number of aromatic nitrogens is 4. The molecule has 2 heterocycles. The maximum Gasteiger partial charge on any atom is 0.267 e. The number of nitrogens with one attached hydrogen (secondary N) is 1. The second kappa shape index (κ2) is 11.3. The fourth-order valence-corrected chi connectivity index (χ4v) is 3.59. The predicted octanol–water partition coefficient (Wildman–Crippen LogP) is 2.11. The van der Waals surface area contributed by atoms with Crippen molar-refractivity contribution in [3.8, 4) is 34.0 Å². The van der Waals surface area contributed by atoms with Crippen LogP contribution in [0.5, 0.6) is 11.5 Å². The van der Waals surface area contributed by atoms with Crippen molar-refractivity contribution >= 4 is 5.91 Å². The summed E-state index contributed by atoms with van der Waals surface area (Å²) in [5.74, 6) is 0.227. The van der Waals surface area contributed by atoms with Crippen LogP contribution in [-0.4, -0.2) is 46.2 Å². The molecule has 0 saturated carbocycles. The average Bonchev–Trinajstić information content (AvgIpc) is 2.91. The standard InChI is InChI=1S/C26H24FN5O5/c1-36-22-10-5-18(15-23(22)37-2)21-9-12-26(35)32(30-21)16-24(33)28-13-14-31-25(34)11-8-20(29-31)17-3-6-19(27)7-4-17/h3-12,15H,13-14,16H2,1-2H3,(H,28,33). The smallest absolute Gasteiger partial charge is 0.267 e. The summed E-state index contributed by atoms with van der Waals surface area (Å²) < 4.78 is 26.0. The van der Waals surface area contributed by atoms with Crippen LogP contribution >= 0.6 is 0 Å². The van der Waals surface area contributed by atoms with E-state index in [0.29, 0.717) is 34.0 Å². The Morgan fingerprint density at radius 3 is 2.08 bits per heavy atom. The van der Waals surface area contributed by atoms with Crippen LogP contribution in [0.2, 0.25) is 0 Å². The molecule has 0 saturated heterocycles. The molecule has 2 aromatic carbocycles. The van der Waals surface area contributed by atoms with Crippen molar-refractivity contribution in [1.82, 2.24) is 24.9 Å². The number of nitrogens with zero attached hydrogens (tertiary/aromatic N) is 4. The Morgan fingerprint density at radius 1 is 0.811 bits per heavy atom. The fraction of sp³-hybridized carbons (Fsp3) is 0.192. The minimum Gasteiger partial charge on any atom is -0.493 e. The zero-order valence-corrected chi connectivity index (χ0v) is 20.2. The van der Waals surface area contributed by atoms with E-state index in [-0.39, 0.29) is 31.0 Å². The molecule has 10 nitrogen and oxygen atoms in total. The Hall–Kier alpha value is -4.80. The van der Waals surface area contributed by atoms with Crippen molar-refractivity contribution in [3.63, 3.8) is 0 Å². The summed E-state index contributed by atoms with van der Waals surface area (Å²) in [6.45, 7) is -0.103. The largest absolute Gasteiger partial charge is 0.493 e. The lowest BCUT2D eigenvalue weighted by atomic mass is 10.1. The summed E-state index contributed by atoms with van der Waals surface area (Å²) >= 11 is 0. The Balaban J connectivity index is 1.41. The lowest BCUT2D eigenvalue weighted by Crippen LogP contribution is -2.36. The molecule has 0 aliphatic carbocycles. The first-order chi connectivity index (χ1) is 17.9. The van der Waals surface area contributed by atoms with Crippen LogP contribution < -0.4 is 25.9 Å². The molecule has 0 aliphatic rings. The van der Waals surface area contributed by atoms with Gasteiger partial charge in [-0.25, -0.2) is 13.8 Å². The van der Waals surface area contributed by atoms with Gasteiger partial charge in [0, 0.05) is 29.8 Å². The number of benzene rings is 2. The molecular formula is C26H24FN5O5. The van der Waals surface area contributed by atoms with Crippen molar-refractivity contribution in [2.75, 3.05) is 20.8 Å². The number of amides is 1.